The van der Waals surface area contributed by atoms with Gasteiger partial charge in [0.1, 0.15) is 17.1 Å². The molecule has 0 aliphatic carbocycles. The number of nitrogens with two attached hydrogens (primary N) is 2. The Bertz CT molecular complexity index is 1200. The highest BCUT2D eigenvalue weighted by Gasteiger charge is 2.44. The fourth-order valence-electron chi connectivity index (χ4n) is 4.33. The number of carbonyl (C=O) groups excluding carboxylic acids is 2. The maximum atomic E-state index is 13.3. The number of rotatable bonds is 13. The number of benzene rings is 3. The Morgan fingerprint density at radius 1 is 0.892 bits per heavy atom. The van der Waals surface area contributed by atoms with Gasteiger partial charge in [0, 0.05) is 18.7 Å². The van der Waals surface area contributed by atoms with Gasteiger partial charge in [0.05, 0.1) is 5.92 Å². The number of nitrogen functional groups attached to an aromatic ring is 1. The van der Waals surface area contributed by atoms with Crippen LogP contribution >= 0.6 is 0 Å². The number of nitrogens with one attached hydrogen (secondary N) is 3. The van der Waals surface area contributed by atoms with Gasteiger partial charge in [-0.05, 0) is 48.1 Å². The molecular weight excluding hydrogens is 466 g/mol. The molecule has 0 heterocycles. The van der Waals surface area contributed by atoms with E-state index in [1.54, 1.807) is 43.3 Å². The van der Waals surface area contributed by atoms with E-state index in [0.29, 0.717) is 31.4 Å². The second-order valence-corrected chi connectivity index (χ2v) is 9.21. The molecule has 0 spiro atoms. The summed E-state index contributed by atoms with van der Waals surface area (Å²) in [6.07, 6.45) is 1.52. The highest BCUT2D eigenvalue weighted by atomic mass is 16.3. The molecule has 0 aliphatic heterocycles. The Balaban J connectivity index is 1.75. The summed E-state index contributed by atoms with van der Waals surface area (Å²) in [5.74, 6) is -1.45. The first-order valence-corrected chi connectivity index (χ1v) is 12.3. The second-order valence-electron chi connectivity index (χ2n) is 9.21. The van der Waals surface area contributed by atoms with Gasteiger partial charge in [0.25, 0.3) is 0 Å². The van der Waals surface area contributed by atoms with Crippen molar-refractivity contribution in [3.05, 3.63) is 101 Å². The van der Waals surface area contributed by atoms with Crippen LogP contribution in [0.1, 0.15) is 35.6 Å². The zero-order chi connectivity index (χ0) is 26.8. The highest BCUT2D eigenvalue weighted by molar-refractivity contribution is 5.95. The van der Waals surface area contributed by atoms with Crippen LogP contribution in [-0.4, -0.2) is 34.8 Å². The van der Waals surface area contributed by atoms with Crippen molar-refractivity contribution in [1.82, 2.24) is 10.6 Å². The normalized spacial score (nSPS) is 13.3. The topological polar surface area (TPSA) is 154 Å². The number of hydrogen-bond donors (Lipinski definition) is 6. The Kier molecular flexibility index (Phi) is 9.40. The predicted molar refractivity (Wildman–Crippen MR) is 145 cm³/mol. The van der Waals surface area contributed by atoms with Crippen LogP contribution < -0.4 is 22.1 Å². The molecule has 2 amide bonds. The summed E-state index contributed by atoms with van der Waals surface area (Å²) < 4.78 is 0. The third kappa shape index (κ3) is 7.41. The standard InChI is InChI=1S/C29H35N5O3/c1-20(27(36)33-19-23-7-11-24(12-8-23)26(30)31)29(28(32)37,17-15-21-5-3-2-4-6-21)34-18-16-22-9-13-25(35)14-10-22/h2-14,20,34-35H,15-19H2,1H3,(H3,30,31)(H2,32,37)(H,33,36)/t20-,29?/m1/s1. The van der Waals surface area contributed by atoms with Crippen LogP contribution in [0.2, 0.25) is 0 Å². The number of phenols is 1. The molecule has 37 heavy (non-hydrogen) atoms. The van der Waals surface area contributed by atoms with Gasteiger partial charge in [0.15, 0.2) is 0 Å². The van der Waals surface area contributed by atoms with Crippen LogP contribution in [0.15, 0.2) is 78.9 Å². The minimum absolute atomic E-state index is 0.0211. The highest BCUT2D eigenvalue weighted by Crippen LogP contribution is 2.25. The minimum atomic E-state index is -1.27. The summed E-state index contributed by atoms with van der Waals surface area (Å²) in [7, 11) is 0. The molecule has 2 atom stereocenters. The summed E-state index contributed by atoms with van der Waals surface area (Å²) >= 11 is 0. The van der Waals surface area contributed by atoms with Gasteiger partial charge in [0.2, 0.25) is 11.8 Å². The van der Waals surface area contributed by atoms with E-state index in [2.05, 4.69) is 10.6 Å². The average molecular weight is 502 g/mol. The molecule has 0 saturated heterocycles. The summed E-state index contributed by atoms with van der Waals surface area (Å²) in [5.41, 5.74) is 13.7. The van der Waals surface area contributed by atoms with Crippen molar-refractivity contribution >= 4 is 17.6 Å². The molecule has 0 aliphatic rings. The van der Waals surface area contributed by atoms with Crippen molar-refractivity contribution in [1.29, 1.82) is 5.41 Å². The van der Waals surface area contributed by atoms with Crippen molar-refractivity contribution in [3.8, 4) is 5.75 Å². The van der Waals surface area contributed by atoms with Crippen molar-refractivity contribution in [2.24, 2.45) is 17.4 Å². The first-order chi connectivity index (χ1) is 17.7. The number of phenolic OH excluding ortho intramolecular Hbond substituents is 1. The van der Waals surface area contributed by atoms with Crippen LogP contribution in [0.3, 0.4) is 0 Å². The maximum Gasteiger partial charge on any atom is 0.238 e. The number of aromatic hydroxyl groups is 1. The lowest BCUT2D eigenvalue weighted by Crippen LogP contribution is -2.63. The SMILES string of the molecule is C[C@H](C(=O)NCc1ccc(C(=N)N)cc1)C(CCc1ccccc1)(NCCc1ccc(O)cc1)C(N)=O. The quantitative estimate of drug-likeness (QED) is 0.157. The van der Waals surface area contributed by atoms with Crippen LogP contribution in [0.25, 0.3) is 0 Å². The molecule has 0 saturated carbocycles. The van der Waals surface area contributed by atoms with Crippen molar-refractivity contribution in [2.75, 3.05) is 6.54 Å². The van der Waals surface area contributed by atoms with E-state index in [1.165, 1.54) is 0 Å². The van der Waals surface area contributed by atoms with Crippen molar-refractivity contribution in [2.45, 2.75) is 38.3 Å². The fourth-order valence-corrected chi connectivity index (χ4v) is 4.33. The number of carbonyl (C=O) groups is 2. The zero-order valence-electron chi connectivity index (χ0n) is 21.0. The summed E-state index contributed by atoms with van der Waals surface area (Å²) in [6.45, 7) is 2.41. The van der Waals surface area contributed by atoms with E-state index in [0.717, 1.165) is 16.7 Å². The molecule has 3 aromatic rings. The van der Waals surface area contributed by atoms with Gasteiger partial charge in [-0.25, -0.2) is 0 Å². The second kappa shape index (κ2) is 12.7. The van der Waals surface area contributed by atoms with E-state index in [-0.39, 0.29) is 24.0 Å². The van der Waals surface area contributed by atoms with Gasteiger partial charge in [-0.15, -0.1) is 0 Å². The molecule has 194 valence electrons. The van der Waals surface area contributed by atoms with Crippen molar-refractivity contribution < 1.29 is 14.7 Å². The van der Waals surface area contributed by atoms with Gasteiger partial charge >= 0.3 is 0 Å². The van der Waals surface area contributed by atoms with Crippen LogP contribution in [0.5, 0.6) is 5.75 Å². The third-order valence-electron chi connectivity index (χ3n) is 6.75. The molecule has 8 N–H and O–H groups in total. The summed E-state index contributed by atoms with van der Waals surface area (Å²) in [6, 6.07) is 23.7. The Labute approximate surface area is 217 Å². The Hall–Kier alpha value is -4.17. The lowest BCUT2D eigenvalue weighted by Gasteiger charge is -2.37. The molecule has 3 aromatic carbocycles. The molecule has 0 bridgehead atoms. The summed E-state index contributed by atoms with van der Waals surface area (Å²) in [4.78, 5) is 26.2. The molecule has 1 unspecified atom stereocenters. The first kappa shape index (κ1) is 27.4. The number of hydrogen-bond acceptors (Lipinski definition) is 5. The number of primary amides is 1. The van der Waals surface area contributed by atoms with Gasteiger partial charge < -0.3 is 27.2 Å². The number of amidine groups is 1. The van der Waals surface area contributed by atoms with E-state index in [1.807, 2.05) is 42.5 Å². The predicted octanol–water partition coefficient (Wildman–Crippen LogP) is 2.62. The van der Waals surface area contributed by atoms with Crippen LogP contribution in [-0.2, 0) is 29.0 Å². The molecular formula is C29H35N5O3. The maximum absolute atomic E-state index is 13.3. The monoisotopic (exact) mass is 501 g/mol. The fraction of sp³-hybridized carbons (Fsp3) is 0.276. The zero-order valence-corrected chi connectivity index (χ0v) is 21.0. The molecule has 0 aromatic heterocycles. The van der Waals surface area contributed by atoms with Gasteiger partial charge in [-0.3, -0.25) is 15.0 Å². The number of amides is 2. The van der Waals surface area contributed by atoms with Gasteiger partial charge in [-0.2, -0.15) is 0 Å². The Morgan fingerprint density at radius 3 is 2.08 bits per heavy atom. The third-order valence-corrected chi connectivity index (χ3v) is 6.75. The summed E-state index contributed by atoms with van der Waals surface area (Å²) in [5, 5.41) is 23.3. The molecule has 0 fully saturated rings. The Morgan fingerprint density at radius 2 is 1.49 bits per heavy atom. The first-order valence-electron chi connectivity index (χ1n) is 12.3. The number of aryl methyl sites for hydroxylation is 1. The van der Waals surface area contributed by atoms with Crippen molar-refractivity contribution in [3.63, 3.8) is 0 Å². The largest absolute Gasteiger partial charge is 0.508 e. The lowest BCUT2D eigenvalue weighted by atomic mass is 9.78. The van der Waals surface area contributed by atoms with Crippen LogP contribution in [0.4, 0.5) is 0 Å². The average Bonchev–Trinajstić information content (AvgIpc) is 2.90. The van der Waals surface area contributed by atoms with Gasteiger partial charge in [-0.1, -0.05) is 73.7 Å². The van der Waals surface area contributed by atoms with E-state index in [4.69, 9.17) is 16.9 Å². The van der Waals surface area contributed by atoms with Crippen LogP contribution in [0, 0.1) is 11.3 Å². The van der Waals surface area contributed by atoms with E-state index in [9.17, 15) is 14.7 Å². The molecule has 3 rings (SSSR count). The smallest absolute Gasteiger partial charge is 0.238 e. The van der Waals surface area contributed by atoms with E-state index < -0.39 is 17.4 Å². The minimum Gasteiger partial charge on any atom is -0.508 e. The molecule has 0 radical (unpaired) electrons. The van der Waals surface area contributed by atoms with E-state index >= 15 is 0 Å². The molecule has 8 heteroatoms. The lowest BCUT2D eigenvalue weighted by molar-refractivity contribution is -0.136. The molecule has 8 nitrogen and oxygen atoms in total.